The van der Waals surface area contributed by atoms with E-state index in [2.05, 4.69) is 32.3 Å². The summed E-state index contributed by atoms with van der Waals surface area (Å²) < 4.78 is 0. The summed E-state index contributed by atoms with van der Waals surface area (Å²) in [5, 5.41) is 13.4. The Balaban J connectivity index is 1.28. The molecule has 7 nitrogen and oxygen atoms in total. The van der Waals surface area contributed by atoms with Crippen LogP contribution in [0.15, 0.2) is 42.9 Å². The van der Waals surface area contributed by atoms with Crippen molar-refractivity contribution >= 4 is 11.7 Å². The Hall–Kier alpha value is -2.51. The van der Waals surface area contributed by atoms with Crippen molar-refractivity contribution in [3.63, 3.8) is 0 Å². The molecule has 0 spiro atoms. The molecule has 0 unspecified atom stereocenters. The molecule has 3 heterocycles. The first-order valence-electron chi connectivity index (χ1n) is 8.96. The molecule has 2 aliphatic rings. The first-order chi connectivity index (χ1) is 12.7. The standard InChI is InChI=1S/C19H23N5O2/c25-17-12-24(18-9-20-6-7-21-18)8-5-16(17)22-19(26)13-23-10-14-3-1-2-4-15(14)11-23/h1-4,6-7,9,16-17,25H,5,8,10-13H2,(H,22,26)/t16-,17-/m1/s1. The van der Waals surface area contributed by atoms with Gasteiger partial charge in [-0.3, -0.25) is 14.7 Å². The third-order valence-corrected chi connectivity index (χ3v) is 5.08. The second kappa shape index (κ2) is 7.39. The molecule has 2 aliphatic heterocycles. The molecule has 4 rings (SSSR count). The van der Waals surface area contributed by atoms with Crippen LogP contribution in [0.3, 0.4) is 0 Å². The number of aliphatic hydroxyl groups excluding tert-OH is 1. The number of nitrogens with zero attached hydrogens (tertiary/aromatic N) is 4. The van der Waals surface area contributed by atoms with Gasteiger partial charge in [0.2, 0.25) is 5.91 Å². The van der Waals surface area contributed by atoms with Crippen LogP contribution >= 0.6 is 0 Å². The predicted molar refractivity (Wildman–Crippen MR) is 97.4 cm³/mol. The molecule has 2 N–H and O–H groups in total. The number of piperidine rings is 1. The summed E-state index contributed by atoms with van der Waals surface area (Å²) >= 11 is 0. The van der Waals surface area contributed by atoms with E-state index in [0.29, 0.717) is 19.5 Å². The summed E-state index contributed by atoms with van der Waals surface area (Å²) in [6.45, 7) is 3.13. The van der Waals surface area contributed by atoms with E-state index in [1.807, 2.05) is 17.0 Å². The normalized spacial score (nSPS) is 22.9. The minimum atomic E-state index is -0.620. The maximum absolute atomic E-state index is 12.4. The summed E-state index contributed by atoms with van der Waals surface area (Å²) in [6.07, 6.45) is 5.03. The zero-order chi connectivity index (χ0) is 17.9. The number of carbonyl (C=O) groups is 1. The zero-order valence-corrected chi connectivity index (χ0v) is 14.6. The van der Waals surface area contributed by atoms with Crippen molar-refractivity contribution in [2.45, 2.75) is 31.7 Å². The highest BCUT2D eigenvalue weighted by Gasteiger charge is 2.30. The molecule has 0 aliphatic carbocycles. The minimum absolute atomic E-state index is 0.0326. The number of nitrogens with one attached hydrogen (secondary N) is 1. The van der Waals surface area contributed by atoms with E-state index in [9.17, 15) is 9.90 Å². The Kier molecular flexibility index (Phi) is 4.81. The monoisotopic (exact) mass is 353 g/mol. The molecule has 136 valence electrons. The van der Waals surface area contributed by atoms with Crippen LogP contribution in [-0.4, -0.2) is 57.7 Å². The van der Waals surface area contributed by atoms with E-state index in [0.717, 1.165) is 25.5 Å². The van der Waals surface area contributed by atoms with Crippen molar-refractivity contribution in [1.29, 1.82) is 0 Å². The van der Waals surface area contributed by atoms with Crippen molar-refractivity contribution in [2.24, 2.45) is 0 Å². The van der Waals surface area contributed by atoms with Gasteiger partial charge in [-0.15, -0.1) is 0 Å². The summed E-state index contributed by atoms with van der Waals surface area (Å²) in [7, 11) is 0. The van der Waals surface area contributed by atoms with Crippen LogP contribution in [0.4, 0.5) is 5.82 Å². The molecule has 1 amide bonds. The lowest BCUT2D eigenvalue weighted by Gasteiger charge is -2.36. The van der Waals surface area contributed by atoms with E-state index >= 15 is 0 Å². The molecule has 7 heteroatoms. The average Bonchev–Trinajstić information content (AvgIpc) is 3.06. The molecule has 1 fully saturated rings. The van der Waals surface area contributed by atoms with Crippen LogP contribution in [0.25, 0.3) is 0 Å². The lowest BCUT2D eigenvalue weighted by molar-refractivity contribution is -0.124. The molecule has 2 aromatic rings. The number of carbonyl (C=O) groups excluding carboxylic acids is 1. The quantitative estimate of drug-likeness (QED) is 0.835. The maximum Gasteiger partial charge on any atom is 0.234 e. The summed E-state index contributed by atoms with van der Waals surface area (Å²) in [5.74, 6) is 0.723. The van der Waals surface area contributed by atoms with Crippen LogP contribution in [0, 0.1) is 0 Å². The van der Waals surface area contributed by atoms with Gasteiger partial charge in [-0.1, -0.05) is 24.3 Å². The largest absolute Gasteiger partial charge is 0.389 e. The third kappa shape index (κ3) is 3.68. The van der Waals surface area contributed by atoms with Gasteiger partial charge < -0.3 is 15.3 Å². The minimum Gasteiger partial charge on any atom is -0.389 e. The predicted octanol–water partition coefficient (Wildman–Crippen LogP) is 0.548. The van der Waals surface area contributed by atoms with Crippen molar-refractivity contribution < 1.29 is 9.90 Å². The Morgan fingerprint density at radius 2 is 2.00 bits per heavy atom. The second-order valence-corrected chi connectivity index (χ2v) is 6.95. The number of aromatic nitrogens is 2. The van der Waals surface area contributed by atoms with Gasteiger partial charge in [-0.2, -0.15) is 0 Å². The lowest BCUT2D eigenvalue weighted by Crippen LogP contribution is -2.55. The molecule has 2 atom stereocenters. The average molecular weight is 353 g/mol. The molecule has 1 aromatic carbocycles. The van der Waals surface area contributed by atoms with Crippen molar-refractivity contribution in [3.05, 3.63) is 54.0 Å². The Labute approximate surface area is 152 Å². The SMILES string of the molecule is O=C(CN1Cc2ccccc2C1)N[C@@H]1CCN(c2cnccn2)C[C@H]1O. The molecule has 1 saturated heterocycles. The Bertz CT molecular complexity index is 745. The van der Waals surface area contributed by atoms with Crippen molar-refractivity contribution in [3.8, 4) is 0 Å². The number of hydrogen-bond donors (Lipinski definition) is 2. The van der Waals surface area contributed by atoms with Crippen molar-refractivity contribution in [2.75, 3.05) is 24.5 Å². The smallest absolute Gasteiger partial charge is 0.234 e. The van der Waals surface area contributed by atoms with Crippen LogP contribution < -0.4 is 10.2 Å². The number of amides is 1. The second-order valence-electron chi connectivity index (χ2n) is 6.95. The van der Waals surface area contributed by atoms with Crippen LogP contribution in [0.1, 0.15) is 17.5 Å². The molecule has 26 heavy (non-hydrogen) atoms. The fourth-order valence-electron chi connectivity index (χ4n) is 3.73. The number of hydrogen-bond acceptors (Lipinski definition) is 6. The van der Waals surface area contributed by atoms with Gasteiger partial charge >= 0.3 is 0 Å². The topological polar surface area (TPSA) is 81.6 Å². The fourth-order valence-corrected chi connectivity index (χ4v) is 3.73. The van der Waals surface area contributed by atoms with Gasteiger partial charge in [-0.25, -0.2) is 4.98 Å². The first kappa shape index (κ1) is 16.9. The van der Waals surface area contributed by atoms with E-state index in [1.165, 1.54) is 11.1 Å². The number of aliphatic hydroxyl groups is 1. The summed E-state index contributed by atoms with van der Waals surface area (Å²) in [4.78, 5) is 24.9. The van der Waals surface area contributed by atoms with Gasteiger partial charge in [0, 0.05) is 38.6 Å². The van der Waals surface area contributed by atoms with Crippen LogP contribution in [0.5, 0.6) is 0 Å². The Morgan fingerprint density at radius 3 is 2.65 bits per heavy atom. The molecule has 0 saturated carbocycles. The van der Waals surface area contributed by atoms with E-state index in [4.69, 9.17) is 0 Å². The van der Waals surface area contributed by atoms with E-state index < -0.39 is 6.10 Å². The van der Waals surface area contributed by atoms with Crippen LogP contribution in [-0.2, 0) is 17.9 Å². The van der Waals surface area contributed by atoms with Gasteiger partial charge in [-0.05, 0) is 17.5 Å². The first-order valence-corrected chi connectivity index (χ1v) is 8.96. The summed E-state index contributed by atoms with van der Waals surface area (Å²) in [5.41, 5.74) is 2.58. The highest BCUT2D eigenvalue weighted by molar-refractivity contribution is 5.78. The molecule has 0 radical (unpaired) electrons. The fraction of sp³-hybridized carbons (Fsp3) is 0.421. The zero-order valence-electron chi connectivity index (χ0n) is 14.6. The summed E-state index contributed by atoms with van der Waals surface area (Å²) in [6, 6.07) is 8.06. The number of rotatable bonds is 4. The van der Waals surface area contributed by atoms with Gasteiger partial charge in [0.15, 0.2) is 0 Å². The van der Waals surface area contributed by atoms with Crippen LogP contribution in [0.2, 0.25) is 0 Å². The third-order valence-electron chi connectivity index (χ3n) is 5.08. The number of benzene rings is 1. The lowest BCUT2D eigenvalue weighted by atomic mass is 10.0. The maximum atomic E-state index is 12.4. The molecule has 0 bridgehead atoms. The van der Waals surface area contributed by atoms with Gasteiger partial charge in [0.1, 0.15) is 5.82 Å². The number of β-amino-alcohol motifs (C(OH)–C–C–N with tert-alkyl or cyclic N) is 1. The molecule has 1 aromatic heterocycles. The number of fused-ring (bicyclic) bond motifs is 1. The van der Waals surface area contributed by atoms with E-state index in [1.54, 1.807) is 18.6 Å². The van der Waals surface area contributed by atoms with Crippen molar-refractivity contribution in [1.82, 2.24) is 20.2 Å². The molecular weight excluding hydrogens is 330 g/mol. The highest BCUT2D eigenvalue weighted by atomic mass is 16.3. The van der Waals surface area contributed by atoms with Gasteiger partial charge in [0.25, 0.3) is 0 Å². The number of anilines is 1. The molecular formula is C19H23N5O2. The van der Waals surface area contributed by atoms with Gasteiger partial charge in [0.05, 0.1) is 24.9 Å². The van der Waals surface area contributed by atoms with E-state index in [-0.39, 0.29) is 11.9 Å². The highest BCUT2D eigenvalue weighted by Crippen LogP contribution is 2.22. The Morgan fingerprint density at radius 1 is 1.23 bits per heavy atom.